The van der Waals surface area contributed by atoms with Crippen molar-refractivity contribution in [3.63, 3.8) is 0 Å². The van der Waals surface area contributed by atoms with Gasteiger partial charge in [0.2, 0.25) is 0 Å². The van der Waals surface area contributed by atoms with E-state index in [1.807, 2.05) is 29.8 Å². The fourth-order valence-electron chi connectivity index (χ4n) is 0.120. The Bertz CT molecular complexity index is 95.9. The van der Waals surface area contributed by atoms with E-state index < -0.39 is 0 Å². The quantitative estimate of drug-likeness (QED) is 0.513. The normalized spacial score (nSPS) is 13.1. The first-order valence-corrected chi connectivity index (χ1v) is 2.80. The van der Waals surface area contributed by atoms with Gasteiger partial charge in [-0.05, 0) is 18.7 Å². The third-order valence-electron chi connectivity index (χ3n) is 0.515. The van der Waals surface area contributed by atoms with E-state index in [4.69, 9.17) is 5.73 Å². The number of hydrogen-bond donors (Lipinski definition) is 1. The van der Waals surface area contributed by atoms with Crippen molar-refractivity contribution in [2.45, 2.75) is 6.92 Å². The first kappa shape index (κ1) is 6.94. The van der Waals surface area contributed by atoms with Gasteiger partial charge in [0.05, 0.1) is 22.9 Å². The molecule has 0 heterocycles. The molecular formula is C4H7IN2. The first-order chi connectivity index (χ1) is 3.31. The fourth-order valence-corrected chi connectivity index (χ4v) is 0.559. The minimum atomic E-state index is 0.981. The standard InChI is InChI=1S/C4H7IN2/c1-4(2-6)3-7-5/h2-3H,6H2,1H3. The van der Waals surface area contributed by atoms with Crippen LogP contribution in [0, 0.1) is 0 Å². The molecule has 0 bridgehead atoms. The van der Waals surface area contributed by atoms with Gasteiger partial charge in [0.1, 0.15) is 0 Å². The maximum Gasteiger partial charge on any atom is 0.0831 e. The van der Waals surface area contributed by atoms with E-state index in [1.54, 1.807) is 6.21 Å². The molecule has 0 aromatic heterocycles. The summed E-state index contributed by atoms with van der Waals surface area (Å²) < 4.78 is 3.70. The number of allylic oxidation sites excluding steroid dienone is 1. The monoisotopic (exact) mass is 210 g/mol. The molecule has 40 valence electrons. The molecule has 0 rings (SSSR count). The van der Waals surface area contributed by atoms with Crippen LogP contribution in [-0.2, 0) is 0 Å². The lowest BCUT2D eigenvalue weighted by Gasteiger charge is -1.79. The van der Waals surface area contributed by atoms with Crippen LogP contribution in [0.4, 0.5) is 0 Å². The molecule has 0 atom stereocenters. The van der Waals surface area contributed by atoms with Crippen molar-refractivity contribution < 1.29 is 0 Å². The van der Waals surface area contributed by atoms with Gasteiger partial charge in [0.25, 0.3) is 0 Å². The van der Waals surface area contributed by atoms with Crippen molar-refractivity contribution in [2.24, 2.45) is 8.94 Å². The van der Waals surface area contributed by atoms with Crippen LogP contribution in [0.5, 0.6) is 0 Å². The van der Waals surface area contributed by atoms with Crippen LogP contribution in [0.15, 0.2) is 15.0 Å². The largest absolute Gasteiger partial charge is 0.404 e. The van der Waals surface area contributed by atoms with E-state index in [1.165, 1.54) is 6.20 Å². The molecule has 2 N–H and O–H groups in total. The molecule has 0 spiro atoms. The highest BCUT2D eigenvalue weighted by Crippen LogP contribution is 1.86. The number of halogens is 1. The first-order valence-electron chi connectivity index (χ1n) is 1.84. The van der Waals surface area contributed by atoms with Gasteiger partial charge in [-0.1, -0.05) is 0 Å². The van der Waals surface area contributed by atoms with Gasteiger partial charge in [-0.15, -0.1) is 0 Å². The molecule has 0 aromatic rings. The summed E-state index contributed by atoms with van der Waals surface area (Å²) in [6.45, 7) is 1.89. The predicted molar refractivity (Wildman–Crippen MR) is 40.5 cm³/mol. The third kappa shape index (κ3) is 3.78. The van der Waals surface area contributed by atoms with E-state index in [0.717, 1.165) is 5.57 Å². The van der Waals surface area contributed by atoms with Gasteiger partial charge < -0.3 is 5.73 Å². The predicted octanol–water partition coefficient (Wildman–Crippen LogP) is 1.27. The molecule has 0 radical (unpaired) electrons. The molecule has 0 unspecified atom stereocenters. The van der Waals surface area contributed by atoms with E-state index in [2.05, 4.69) is 3.21 Å². The molecule has 0 amide bonds. The topological polar surface area (TPSA) is 38.4 Å². The molecular weight excluding hydrogens is 203 g/mol. The number of rotatable bonds is 1. The second kappa shape index (κ2) is 4.11. The van der Waals surface area contributed by atoms with Crippen LogP contribution in [0.1, 0.15) is 6.92 Å². The van der Waals surface area contributed by atoms with Crippen molar-refractivity contribution in [2.75, 3.05) is 0 Å². The van der Waals surface area contributed by atoms with Gasteiger partial charge in [-0.3, -0.25) is 0 Å². The van der Waals surface area contributed by atoms with E-state index in [0.29, 0.717) is 0 Å². The van der Waals surface area contributed by atoms with Gasteiger partial charge in [0, 0.05) is 6.21 Å². The maximum atomic E-state index is 5.10. The van der Waals surface area contributed by atoms with E-state index >= 15 is 0 Å². The van der Waals surface area contributed by atoms with Gasteiger partial charge in [-0.2, -0.15) is 0 Å². The zero-order valence-electron chi connectivity index (χ0n) is 4.06. The lowest BCUT2D eigenvalue weighted by atomic mass is 10.4. The minimum absolute atomic E-state index is 0.981. The van der Waals surface area contributed by atoms with E-state index in [9.17, 15) is 0 Å². The van der Waals surface area contributed by atoms with Gasteiger partial charge in [-0.25, -0.2) is 3.21 Å². The fraction of sp³-hybridized carbons (Fsp3) is 0.250. The van der Waals surface area contributed by atoms with Crippen LogP contribution in [0.3, 0.4) is 0 Å². The highest BCUT2D eigenvalue weighted by Gasteiger charge is 1.72. The molecule has 0 saturated heterocycles. The molecule has 0 aromatic carbocycles. The molecule has 0 saturated carbocycles. The second-order valence-electron chi connectivity index (χ2n) is 1.14. The average molecular weight is 210 g/mol. The summed E-state index contributed by atoms with van der Waals surface area (Å²) in [4.78, 5) is 0. The highest BCUT2D eigenvalue weighted by atomic mass is 127. The van der Waals surface area contributed by atoms with Gasteiger partial charge in [0.15, 0.2) is 0 Å². The molecule has 0 aliphatic carbocycles. The summed E-state index contributed by atoms with van der Waals surface area (Å²) in [5.74, 6) is 0. The lowest BCUT2D eigenvalue weighted by molar-refractivity contribution is 1.49. The molecule has 3 heteroatoms. The Morgan fingerprint density at radius 2 is 2.43 bits per heavy atom. The molecule has 0 aliphatic heterocycles. The highest BCUT2D eigenvalue weighted by molar-refractivity contribution is 14.1. The zero-order valence-corrected chi connectivity index (χ0v) is 6.21. The molecule has 7 heavy (non-hydrogen) atoms. The van der Waals surface area contributed by atoms with Crippen molar-refractivity contribution in [1.82, 2.24) is 0 Å². The van der Waals surface area contributed by atoms with E-state index in [-0.39, 0.29) is 0 Å². The van der Waals surface area contributed by atoms with Gasteiger partial charge >= 0.3 is 0 Å². The van der Waals surface area contributed by atoms with Crippen LogP contribution >= 0.6 is 22.9 Å². The van der Waals surface area contributed by atoms with Crippen molar-refractivity contribution in [3.8, 4) is 0 Å². The van der Waals surface area contributed by atoms with Crippen molar-refractivity contribution >= 4 is 29.1 Å². The summed E-state index contributed by atoms with van der Waals surface area (Å²) in [5, 5.41) is 0. The Balaban J connectivity index is 3.58. The minimum Gasteiger partial charge on any atom is -0.404 e. The zero-order chi connectivity index (χ0) is 5.70. The second-order valence-corrected chi connectivity index (χ2v) is 1.69. The van der Waals surface area contributed by atoms with Crippen LogP contribution < -0.4 is 5.73 Å². The summed E-state index contributed by atoms with van der Waals surface area (Å²) in [5.41, 5.74) is 6.08. The third-order valence-corrected chi connectivity index (χ3v) is 0.794. The maximum absolute atomic E-state index is 5.10. The summed E-state index contributed by atoms with van der Waals surface area (Å²) in [6, 6.07) is 0. The Kier molecular flexibility index (Phi) is 4.07. The lowest BCUT2D eigenvalue weighted by Crippen LogP contribution is -1.83. The Hall–Kier alpha value is -0.0600. The average Bonchev–Trinajstić information content (AvgIpc) is 1.68. The Labute approximate surface area is 57.0 Å². The number of nitrogens with two attached hydrogens (primary N) is 1. The van der Waals surface area contributed by atoms with Crippen molar-refractivity contribution in [3.05, 3.63) is 11.8 Å². The summed E-state index contributed by atoms with van der Waals surface area (Å²) >= 11 is 1.90. The number of hydrogen-bond acceptors (Lipinski definition) is 2. The Morgan fingerprint density at radius 1 is 1.86 bits per heavy atom. The molecule has 0 fully saturated rings. The SMILES string of the molecule is CC(C=NI)=CN. The smallest absolute Gasteiger partial charge is 0.0831 e. The molecule has 2 nitrogen and oxygen atoms in total. The van der Waals surface area contributed by atoms with Crippen LogP contribution in [0.2, 0.25) is 0 Å². The summed E-state index contributed by atoms with van der Waals surface area (Å²) in [7, 11) is 0. The van der Waals surface area contributed by atoms with Crippen LogP contribution in [-0.4, -0.2) is 6.21 Å². The Morgan fingerprint density at radius 3 is 2.57 bits per heavy atom. The van der Waals surface area contributed by atoms with Crippen LogP contribution in [0.25, 0.3) is 0 Å². The van der Waals surface area contributed by atoms with Crippen molar-refractivity contribution in [1.29, 1.82) is 0 Å². The number of nitrogens with zero attached hydrogens (tertiary/aromatic N) is 1. The molecule has 0 aliphatic rings. The summed E-state index contributed by atoms with van der Waals surface area (Å²) in [6.07, 6.45) is 3.21.